The number of halogens is 2. The van der Waals surface area contributed by atoms with Gasteiger partial charge in [-0.3, -0.25) is 9.20 Å². The van der Waals surface area contributed by atoms with E-state index in [0.29, 0.717) is 15.7 Å². The highest BCUT2D eigenvalue weighted by molar-refractivity contribution is 6.42. The van der Waals surface area contributed by atoms with Crippen LogP contribution in [0.15, 0.2) is 72.9 Å². The van der Waals surface area contributed by atoms with Crippen molar-refractivity contribution >= 4 is 40.4 Å². The molecule has 3 aromatic carbocycles. The molecule has 0 bridgehead atoms. The first-order chi connectivity index (χ1) is 18.4. The summed E-state index contributed by atoms with van der Waals surface area (Å²) in [5.74, 6) is 0.638. The lowest BCUT2D eigenvalue weighted by Crippen LogP contribution is -2.15. The number of ether oxygens (including phenoxy) is 1. The van der Waals surface area contributed by atoms with Crippen molar-refractivity contribution in [1.82, 2.24) is 8.97 Å². The van der Waals surface area contributed by atoms with Crippen molar-refractivity contribution in [2.24, 2.45) is 0 Å². The van der Waals surface area contributed by atoms with Crippen LogP contribution in [0.1, 0.15) is 34.5 Å². The molecule has 0 spiro atoms. The summed E-state index contributed by atoms with van der Waals surface area (Å²) in [4.78, 5) is 14.0. The minimum absolute atomic E-state index is 0.171. The van der Waals surface area contributed by atoms with E-state index in [1.807, 2.05) is 55.5 Å². The summed E-state index contributed by atoms with van der Waals surface area (Å²) in [6.45, 7) is 2.90. The second-order valence-corrected chi connectivity index (χ2v) is 10.5. The van der Waals surface area contributed by atoms with E-state index in [-0.39, 0.29) is 5.91 Å². The van der Waals surface area contributed by atoms with Gasteiger partial charge in [0, 0.05) is 29.6 Å². The third-order valence-corrected chi connectivity index (χ3v) is 7.99. The predicted molar refractivity (Wildman–Crippen MR) is 155 cm³/mol. The van der Waals surface area contributed by atoms with Crippen LogP contribution in [0.5, 0.6) is 5.75 Å². The molecule has 5 aromatic rings. The van der Waals surface area contributed by atoms with Crippen molar-refractivity contribution in [2.75, 3.05) is 12.4 Å². The van der Waals surface area contributed by atoms with Gasteiger partial charge in [0.15, 0.2) is 0 Å². The number of carbonyl (C=O) groups is 1. The summed E-state index contributed by atoms with van der Waals surface area (Å²) in [6, 6.07) is 21.5. The highest BCUT2D eigenvalue weighted by Gasteiger charge is 2.30. The lowest BCUT2D eigenvalue weighted by atomic mass is 9.97. The van der Waals surface area contributed by atoms with Crippen molar-refractivity contribution in [3.63, 3.8) is 0 Å². The number of aromatic nitrogens is 2. The topological polar surface area (TPSA) is 47.7 Å². The number of rotatable bonds is 5. The number of carbonyl (C=O) groups excluding carboxylic acids is 1. The minimum atomic E-state index is -0.171. The van der Waals surface area contributed by atoms with Crippen molar-refractivity contribution in [3.05, 3.63) is 99.8 Å². The molecule has 7 heteroatoms. The molecule has 0 saturated carbocycles. The Balaban J connectivity index is 1.59. The predicted octanol–water partition coefficient (Wildman–Crippen LogP) is 8.29. The van der Waals surface area contributed by atoms with Gasteiger partial charge in [-0.1, -0.05) is 47.0 Å². The van der Waals surface area contributed by atoms with Crippen molar-refractivity contribution in [3.8, 4) is 28.1 Å². The first kappa shape index (κ1) is 24.7. The number of imidazole rings is 1. The maximum absolute atomic E-state index is 14.0. The SMILES string of the molecule is COc1ccc(-c2cn3c(C(=O)Nc4ccc(C)cc4)c(-c4ccc(Cl)c(Cl)c4)c4c3n2CCCC4)cc1. The number of nitrogens with zero attached hydrogens (tertiary/aromatic N) is 2. The van der Waals surface area contributed by atoms with E-state index < -0.39 is 0 Å². The Hall–Kier alpha value is -3.67. The fourth-order valence-corrected chi connectivity index (χ4v) is 5.69. The largest absolute Gasteiger partial charge is 0.497 e. The first-order valence-electron chi connectivity index (χ1n) is 12.7. The molecule has 3 heterocycles. The van der Waals surface area contributed by atoms with Crippen LogP contribution in [0, 0.1) is 6.92 Å². The fourth-order valence-electron chi connectivity index (χ4n) is 5.39. The smallest absolute Gasteiger partial charge is 0.273 e. The Bertz CT molecular complexity index is 1660. The van der Waals surface area contributed by atoms with E-state index in [9.17, 15) is 4.79 Å². The third kappa shape index (κ3) is 4.26. The summed E-state index contributed by atoms with van der Waals surface area (Å²) < 4.78 is 9.77. The molecule has 5 nitrogen and oxygen atoms in total. The average molecular weight is 544 g/mol. The Labute approximate surface area is 231 Å². The molecule has 0 unspecified atom stereocenters. The highest BCUT2D eigenvalue weighted by Crippen LogP contribution is 2.41. The van der Waals surface area contributed by atoms with Gasteiger partial charge in [-0.05, 0) is 85.8 Å². The molecule has 0 atom stereocenters. The molecule has 0 saturated heterocycles. The molecule has 6 rings (SSSR count). The van der Waals surface area contributed by atoms with Crippen LogP contribution >= 0.6 is 23.2 Å². The van der Waals surface area contributed by atoms with Crippen LogP contribution in [-0.2, 0) is 13.0 Å². The number of methoxy groups -OCH3 is 1. The Morgan fingerprint density at radius 2 is 1.66 bits per heavy atom. The summed E-state index contributed by atoms with van der Waals surface area (Å²) in [6.07, 6.45) is 5.02. The van der Waals surface area contributed by atoms with E-state index in [1.54, 1.807) is 13.2 Å². The van der Waals surface area contributed by atoms with E-state index in [1.165, 1.54) is 0 Å². The quantitative estimate of drug-likeness (QED) is 0.242. The lowest BCUT2D eigenvalue weighted by molar-refractivity contribution is 0.102. The van der Waals surface area contributed by atoms with Crippen LogP contribution < -0.4 is 10.1 Å². The molecular weight excluding hydrogens is 517 g/mol. The van der Waals surface area contributed by atoms with Crippen LogP contribution in [0.2, 0.25) is 10.0 Å². The normalized spacial score (nSPS) is 12.9. The van der Waals surface area contributed by atoms with Crippen molar-refractivity contribution in [2.45, 2.75) is 32.7 Å². The van der Waals surface area contributed by atoms with Crippen molar-refractivity contribution < 1.29 is 9.53 Å². The summed E-state index contributed by atoms with van der Waals surface area (Å²) in [7, 11) is 1.67. The standard InChI is InChI=1S/C31H27Cl2N3O2/c1-19-6-11-22(12-7-19)34-30(37)29-28(21-10-15-25(32)26(33)17-21)24-5-3-4-16-35-27(18-36(29)31(24)35)20-8-13-23(38-2)14-9-20/h6-15,17-18H,3-5,16H2,1-2H3,(H,34,37). The molecule has 2 aromatic heterocycles. The monoisotopic (exact) mass is 543 g/mol. The van der Waals surface area contributed by atoms with Crippen LogP contribution in [0.25, 0.3) is 28.0 Å². The van der Waals surface area contributed by atoms with E-state index in [2.05, 4.69) is 32.6 Å². The minimum Gasteiger partial charge on any atom is -0.497 e. The molecule has 192 valence electrons. The lowest BCUT2D eigenvalue weighted by Gasteiger charge is -2.11. The summed E-state index contributed by atoms with van der Waals surface area (Å²) >= 11 is 12.7. The first-order valence-corrected chi connectivity index (χ1v) is 13.4. The van der Waals surface area contributed by atoms with E-state index in [4.69, 9.17) is 27.9 Å². The second-order valence-electron chi connectivity index (χ2n) is 9.70. The van der Waals surface area contributed by atoms with Gasteiger partial charge >= 0.3 is 0 Å². The molecule has 0 radical (unpaired) electrons. The Morgan fingerprint density at radius 3 is 2.37 bits per heavy atom. The van der Waals surface area contributed by atoms with Gasteiger partial charge in [-0.15, -0.1) is 0 Å². The molecule has 1 N–H and O–H groups in total. The highest BCUT2D eigenvalue weighted by atomic mass is 35.5. The average Bonchev–Trinajstić information content (AvgIpc) is 3.34. The van der Waals surface area contributed by atoms with E-state index in [0.717, 1.165) is 76.4 Å². The summed E-state index contributed by atoms with van der Waals surface area (Å²) in [5, 5.41) is 4.08. The maximum Gasteiger partial charge on any atom is 0.273 e. The number of anilines is 1. The number of aryl methyl sites for hydroxylation is 3. The Kier molecular flexibility index (Phi) is 6.42. The molecule has 1 amide bonds. The number of hydrogen-bond donors (Lipinski definition) is 1. The molecule has 1 aliphatic heterocycles. The molecule has 38 heavy (non-hydrogen) atoms. The zero-order chi connectivity index (χ0) is 26.4. The van der Waals surface area contributed by atoms with Crippen LogP contribution in [0.4, 0.5) is 5.69 Å². The number of nitrogens with one attached hydrogen (secondary N) is 1. The maximum atomic E-state index is 14.0. The number of hydrogen-bond acceptors (Lipinski definition) is 2. The Morgan fingerprint density at radius 1 is 0.921 bits per heavy atom. The van der Waals surface area contributed by atoms with Crippen LogP contribution in [0.3, 0.4) is 0 Å². The van der Waals surface area contributed by atoms with E-state index >= 15 is 0 Å². The van der Waals surface area contributed by atoms with Gasteiger partial charge in [-0.25, -0.2) is 0 Å². The van der Waals surface area contributed by atoms with Crippen molar-refractivity contribution in [1.29, 1.82) is 0 Å². The number of amides is 1. The zero-order valence-corrected chi connectivity index (χ0v) is 22.7. The molecular formula is C31H27Cl2N3O2. The van der Waals surface area contributed by atoms with Gasteiger partial charge in [0.05, 0.1) is 22.8 Å². The van der Waals surface area contributed by atoms with Gasteiger partial charge in [0.25, 0.3) is 5.91 Å². The molecule has 0 aliphatic carbocycles. The number of benzene rings is 3. The zero-order valence-electron chi connectivity index (χ0n) is 21.2. The molecule has 1 aliphatic rings. The molecule has 0 fully saturated rings. The third-order valence-electron chi connectivity index (χ3n) is 7.25. The van der Waals surface area contributed by atoms with Gasteiger partial charge in [0.2, 0.25) is 0 Å². The van der Waals surface area contributed by atoms with Gasteiger partial charge < -0.3 is 14.6 Å². The van der Waals surface area contributed by atoms with Gasteiger partial charge in [0.1, 0.15) is 17.1 Å². The summed E-state index contributed by atoms with van der Waals surface area (Å²) in [5.41, 5.74) is 8.59. The second kappa shape index (κ2) is 9.90. The van der Waals surface area contributed by atoms with Gasteiger partial charge in [-0.2, -0.15) is 0 Å². The van der Waals surface area contributed by atoms with Crippen LogP contribution in [-0.4, -0.2) is 22.0 Å². The fraction of sp³-hybridized carbons (Fsp3) is 0.194.